The van der Waals surface area contributed by atoms with E-state index in [1.165, 1.54) is 0 Å². The van der Waals surface area contributed by atoms with E-state index in [-0.39, 0.29) is 11.9 Å². The van der Waals surface area contributed by atoms with Crippen molar-refractivity contribution in [1.29, 1.82) is 0 Å². The molecule has 0 saturated carbocycles. The number of nitrogens with zero attached hydrogens (tertiary/aromatic N) is 5. The van der Waals surface area contributed by atoms with E-state index in [1.807, 2.05) is 64.8 Å². The van der Waals surface area contributed by atoms with E-state index in [0.717, 1.165) is 23.6 Å². The zero-order valence-corrected chi connectivity index (χ0v) is 15.0. The average Bonchev–Trinajstić information content (AvgIpc) is 3.33. The fourth-order valence-corrected chi connectivity index (χ4v) is 3.50. The number of nitrogens with one attached hydrogen (secondary N) is 1. The van der Waals surface area contributed by atoms with Gasteiger partial charge in [0.2, 0.25) is 0 Å². The second-order valence-electron chi connectivity index (χ2n) is 6.57. The molecule has 7 nitrogen and oxygen atoms in total. The summed E-state index contributed by atoms with van der Waals surface area (Å²) in [5, 5.41) is 7.64. The molecule has 4 rings (SSSR count). The fourth-order valence-electron chi connectivity index (χ4n) is 3.50. The van der Waals surface area contributed by atoms with Crippen LogP contribution in [0.1, 0.15) is 27.8 Å². The lowest BCUT2D eigenvalue weighted by Crippen LogP contribution is -2.49. The van der Waals surface area contributed by atoms with Crippen LogP contribution < -0.4 is 5.32 Å². The Morgan fingerprint density at radius 3 is 2.85 bits per heavy atom. The molecule has 3 aromatic rings. The summed E-state index contributed by atoms with van der Waals surface area (Å²) in [6.07, 6.45) is 7.33. The predicted octanol–water partition coefficient (Wildman–Crippen LogP) is 1.70. The van der Waals surface area contributed by atoms with Crippen LogP contribution in [0.4, 0.5) is 0 Å². The lowest BCUT2D eigenvalue weighted by atomic mass is 10.1. The van der Waals surface area contributed by atoms with E-state index >= 15 is 0 Å². The molecule has 1 aliphatic rings. The molecule has 1 aromatic carbocycles. The van der Waals surface area contributed by atoms with Crippen LogP contribution in [0.25, 0.3) is 5.69 Å². The van der Waals surface area contributed by atoms with Crippen LogP contribution in [0, 0.1) is 6.92 Å². The summed E-state index contributed by atoms with van der Waals surface area (Å²) in [7, 11) is 1.96. The molecule has 1 aliphatic heterocycles. The summed E-state index contributed by atoms with van der Waals surface area (Å²) in [4.78, 5) is 19.6. The largest absolute Gasteiger partial charge is 0.336 e. The van der Waals surface area contributed by atoms with Gasteiger partial charge in [0.15, 0.2) is 0 Å². The molecular weight excluding hydrogens is 328 g/mol. The minimum atomic E-state index is -0.0673. The second kappa shape index (κ2) is 6.76. The van der Waals surface area contributed by atoms with Crippen molar-refractivity contribution in [1.82, 2.24) is 29.5 Å². The first-order valence-corrected chi connectivity index (χ1v) is 8.75. The van der Waals surface area contributed by atoms with Crippen molar-refractivity contribution in [3.63, 3.8) is 0 Å². The highest BCUT2D eigenvalue weighted by atomic mass is 16.2. The van der Waals surface area contributed by atoms with Gasteiger partial charge in [0.1, 0.15) is 11.9 Å². The Labute approximate surface area is 152 Å². The van der Waals surface area contributed by atoms with Crippen LogP contribution >= 0.6 is 0 Å². The summed E-state index contributed by atoms with van der Waals surface area (Å²) >= 11 is 0. The Bertz CT molecular complexity index is 914. The number of aryl methyl sites for hydroxylation is 2. The van der Waals surface area contributed by atoms with Gasteiger partial charge in [-0.3, -0.25) is 4.79 Å². The van der Waals surface area contributed by atoms with E-state index in [9.17, 15) is 4.79 Å². The third-order valence-electron chi connectivity index (χ3n) is 4.86. The van der Waals surface area contributed by atoms with E-state index in [0.29, 0.717) is 18.7 Å². The molecule has 134 valence electrons. The van der Waals surface area contributed by atoms with E-state index in [4.69, 9.17) is 0 Å². The first-order chi connectivity index (χ1) is 12.6. The zero-order chi connectivity index (χ0) is 18.1. The third-order valence-corrected chi connectivity index (χ3v) is 4.86. The van der Waals surface area contributed by atoms with Crippen molar-refractivity contribution in [3.8, 4) is 5.69 Å². The van der Waals surface area contributed by atoms with Gasteiger partial charge in [0.25, 0.3) is 5.91 Å². The van der Waals surface area contributed by atoms with E-state index < -0.39 is 0 Å². The topological polar surface area (TPSA) is 68.0 Å². The maximum Gasteiger partial charge on any atom is 0.254 e. The Balaban J connectivity index is 1.63. The van der Waals surface area contributed by atoms with Gasteiger partial charge in [-0.05, 0) is 36.8 Å². The quantitative estimate of drug-likeness (QED) is 0.781. The molecule has 3 heterocycles. The zero-order valence-electron chi connectivity index (χ0n) is 15.0. The number of carbonyl (C=O) groups is 1. The normalized spacial score (nSPS) is 17.5. The molecule has 1 fully saturated rings. The van der Waals surface area contributed by atoms with Crippen molar-refractivity contribution < 1.29 is 4.79 Å². The molecule has 1 atom stereocenters. The van der Waals surface area contributed by atoms with Crippen molar-refractivity contribution >= 4 is 5.91 Å². The Kier molecular flexibility index (Phi) is 4.30. The van der Waals surface area contributed by atoms with Gasteiger partial charge in [0.05, 0.1) is 5.69 Å². The number of rotatable bonds is 3. The average molecular weight is 350 g/mol. The minimum Gasteiger partial charge on any atom is -0.336 e. The summed E-state index contributed by atoms with van der Waals surface area (Å²) < 4.78 is 3.79. The molecule has 1 unspecified atom stereocenters. The maximum atomic E-state index is 13.2. The number of hydrogen-bond donors (Lipinski definition) is 1. The number of hydrogen-bond acceptors (Lipinski definition) is 4. The number of aromatic nitrogens is 4. The monoisotopic (exact) mass is 350 g/mol. The lowest BCUT2D eigenvalue weighted by Gasteiger charge is -2.36. The number of benzene rings is 1. The standard InChI is InChI=1S/C19H22N6O/c1-14-12-15(4-5-16(14)25-9-3-6-22-25)19(26)24-11-7-20-13-17(24)18-21-8-10-23(18)2/h3-6,8-10,12,17,20H,7,11,13H2,1-2H3. The van der Waals surface area contributed by atoms with Crippen LogP contribution in [0.15, 0.2) is 49.1 Å². The van der Waals surface area contributed by atoms with Crippen LogP contribution in [0.5, 0.6) is 0 Å². The van der Waals surface area contributed by atoms with Gasteiger partial charge in [-0.1, -0.05) is 0 Å². The molecule has 26 heavy (non-hydrogen) atoms. The van der Waals surface area contributed by atoms with Crippen LogP contribution in [0.3, 0.4) is 0 Å². The van der Waals surface area contributed by atoms with Crippen LogP contribution in [-0.2, 0) is 7.05 Å². The summed E-state index contributed by atoms with van der Waals surface area (Å²) in [5.41, 5.74) is 2.69. The number of imidazole rings is 1. The third kappa shape index (κ3) is 2.90. The molecule has 1 amide bonds. The first kappa shape index (κ1) is 16.5. The van der Waals surface area contributed by atoms with Crippen LogP contribution in [-0.4, -0.2) is 49.8 Å². The molecule has 0 bridgehead atoms. The number of carbonyl (C=O) groups excluding carboxylic acids is 1. The molecule has 7 heteroatoms. The van der Waals surface area contributed by atoms with Gasteiger partial charge >= 0.3 is 0 Å². The number of piperazine rings is 1. The molecule has 0 radical (unpaired) electrons. The highest BCUT2D eigenvalue weighted by Gasteiger charge is 2.31. The first-order valence-electron chi connectivity index (χ1n) is 8.75. The Hall–Kier alpha value is -2.93. The summed E-state index contributed by atoms with van der Waals surface area (Å²) in [6, 6.07) is 7.59. The van der Waals surface area contributed by atoms with Crippen molar-refractivity contribution in [2.75, 3.05) is 19.6 Å². The Morgan fingerprint density at radius 2 is 2.15 bits per heavy atom. The van der Waals surface area contributed by atoms with E-state index in [2.05, 4.69) is 15.4 Å². The SMILES string of the molecule is Cc1cc(C(=O)N2CCNCC2c2nccn2C)ccc1-n1cccn1. The number of amides is 1. The van der Waals surface area contributed by atoms with Gasteiger partial charge in [-0.2, -0.15) is 5.10 Å². The molecule has 1 N–H and O–H groups in total. The molecular formula is C19H22N6O. The Morgan fingerprint density at radius 1 is 1.27 bits per heavy atom. The van der Waals surface area contributed by atoms with Gasteiger partial charge in [-0.25, -0.2) is 9.67 Å². The predicted molar refractivity (Wildman–Crippen MR) is 98.2 cm³/mol. The van der Waals surface area contributed by atoms with Crippen molar-refractivity contribution in [2.45, 2.75) is 13.0 Å². The maximum absolute atomic E-state index is 13.2. The molecule has 2 aromatic heterocycles. The smallest absolute Gasteiger partial charge is 0.254 e. The second-order valence-corrected chi connectivity index (χ2v) is 6.57. The highest BCUT2D eigenvalue weighted by Crippen LogP contribution is 2.24. The molecule has 0 spiro atoms. The van der Waals surface area contributed by atoms with Crippen LogP contribution in [0.2, 0.25) is 0 Å². The highest BCUT2D eigenvalue weighted by molar-refractivity contribution is 5.95. The summed E-state index contributed by atoms with van der Waals surface area (Å²) in [6.45, 7) is 4.16. The lowest BCUT2D eigenvalue weighted by molar-refractivity contribution is 0.0621. The van der Waals surface area contributed by atoms with Gasteiger partial charge in [0, 0.05) is 57.0 Å². The van der Waals surface area contributed by atoms with Gasteiger partial charge in [-0.15, -0.1) is 0 Å². The van der Waals surface area contributed by atoms with Gasteiger partial charge < -0.3 is 14.8 Å². The fraction of sp³-hybridized carbons (Fsp3) is 0.316. The van der Waals surface area contributed by atoms with Crippen molar-refractivity contribution in [3.05, 3.63) is 66.0 Å². The van der Waals surface area contributed by atoms with Crippen molar-refractivity contribution in [2.24, 2.45) is 7.05 Å². The minimum absolute atomic E-state index is 0.0367. The van der Waals surface area contributed by atoms with E-state index in [1.54, 1.807) is 12.4 Å². The molecule has 1 saturated heterocycles. The summed E-state index contributed by atoms with van der Waals surface area (Å²) in [5.74, 6) is 0.935. The molecule has 0 aliphatic carbocycles.